The molecule has 0 aliphatic carbocycles. The predicted molar refractivity (Wildman–Crippen MR) is 104 cm³/mol. The Morgan fingerprint density at radius 2 is 2.11 bits per heavy atom. The number of piperidine rings is 1. The van der Waals surface area contributed by atoms with Gasteiger partial charge in [0.2, 0.25) is 11.9 Å². The van der Waals surface area contributed by atoms with Crippen molar-refractivity contribution in [3.63, 3.8) is 0 Å². The highest BCUT2D eigenvalue weighted by Gasteiger charge is 2.26. The molecule has 3 aromatic heterocycles. The van der Waals surface area contributed by atoms with Gasteiger partial charge < -0.3 is 15.2 Å². The largest absolute Gasteiger partial charge is 0.369 e. The van der Waals surface area contributed by atoms with Gasteiger partial charge in [-0.2, -0.15) is 0 Å². The fourth-order valence-electron chi connectivity index (χ4n) is 3.35. The van der Waals surface area contributed by atoms with Crippen LogP contribution in [0, 0.1) is 19.8 Å². The lowest BCUT2D eigenvalue weighted by atomic mass is 9.96. The molecule has 2 N–H and O–H groups in total. The van der Waals surface area contributed by atoms with Crippen molar-refractivity contribution in [1.29, 1.82) is 0 Å². The topological polar surface area (TPSA) is 98.1 Å². The van der Waals surface area contributed by atoms with Gasteiger partial charge in [0.1, 0.15) is 0 Å². The first-order valence-corrected chi connectivity index (χ1v) is 9.80. The number of rotatable bonds is 4. The van der Waals surface area contributed by atoms with Crippen molar-refractivity contribution < 1.29 is 9.32 Å². The Balaban J connectivity index is 1.71. The first-order chi connectivity index (χ1) is 13.0. The summed E-state index contributed by atoms with van der Waals surface area (Å²) in [5.41, 5.74) is 9.09. The zero-order chi connectivity index (χ0) is 19.0. The van der Waals surface area contributed by atoms with E-state index in [9.17, 15) is 4.79 Å². The number of carbonyl (C=O) groups excluding carboxylic acids is 1. The Bertz CT molecular complexity index is 972. The number of carbonyl (C=O) groups is 1. The Labute approximate surface area is 161 Å². The quantitative estimate of drug-likeness (QED) is 0.743. The van der Waals surface area contributed by atoms with E-state index in [1.54, 1.807) is 17.5 Å². The van der Waals surface area contributed by atoms with E-state index in [4.69, 9.17) is 15.2 Å². The molecular weight excluding hydrogens is 362 g/mol. The predicted octanol–water partition coefficient (Wildman–Crippen LogP) is 3.18. The van der Waals surface area contributed by atoms with Crippen LogP contribution in [0.25, 0.3) is 21.9 Å². The van der Waals surface area contributed by atoms with Crippen LogP contribution < -0.4 is 10.6 Å². The van der Waals surface area contributed by atoms with Crippen LogP contribution in [-0.4, -0.2) is 34.1 Å². The van der Waals surface area contributed by atoms with Gasteiger partial charge in [-0.1, -0.05) is 5.16 Å². The fraction of sp³-hybridized carbons (Fsp3) is 0.368. The van der Waals surface area contributed by atoms with Crippen LogP contribution in [0.2, 0.25) is 0 Å². The SMILES string of the molecule is Cc1cc(-c2cnc(N3CCC(C(N)=O)CC3)nc2-c2sccc2C)on1. The Morgan fingerprint density at radius 1 is 1.33 bits per heavy atom. The fourth-order valence-corrected chi connectivity index (χ4v) is 4.28. The van der Waals surface area contributed by atoms with Gasteiger partial charge in [0.15, 0.2) is 5.76 Å². The normalized spacial score (nSPS) is 15.3. The summed E-state index contributed by atoms with van der Waals surface area (Å²) in [7, 11) is 0. The Kier molecular flexibility index (Phi) is 4.65. The van der Waals surface area contributed by atoms with Crippen LogP contribution in [0.15, 0.2) is 28.2 Å². The zero-order valence-electron chi connectivity index (χ0n) is 15.3. The molecule has 1 aliphatic heterocycles. The summed E-state index contributed by atoms with van der Waals surface area (Å²) in [4.78, 5) is 24.1. The minimum atomic E-state index is -0.221. The molecule has 0 radical (unpaired) electrons. The number of aryl methyl sites for hydroxylation is 2. The van der Waals surface area contributed by atoms with Crippen LogP contribution in [0.5, 0.6) is 0 Å². The van der Waals surface area contributed by atoms with Crippen molar-refractivity contribution in [1.82, 2.24) is 15.1 Å². The minimum Gasteiger partial charge on any atom is -0.369 e. The van der Waals surface area contributed by atoms with E-state index < -0.39 is 0 Å². The van der Waals surface area contributed by atoms with Crippen LogP contribution in [-0.2, 0) is 4.79 Å². The first-order valence-electron chi connectivity index (χ1n) is 8.92. The van der Waals surface area contributed by atoms with Crippen LogP contribution in [0.4, 0.5) is 5.95 Å². The maximum Gasteiger partial charge on any atom is 0.225 e. The summed E-state index contributed by atoms with van der Waals surface area (Å²) in [6, 6.07) is 3.97. The number of nitrogens with zero attached hydrogens (tertiary/aromatic N) is 4. The second kappa shape index (κ2) is 7.11. The van der Waals surface area contributed by atoms with Crippen molar-refractivity contribution in [2.45, 2.75) is 26.7 Å². The van der Waals surface area contributed by atoms with Crippen LogP contribution in [0.3, 0.4) is 0 Å². The van der Waals surface area contributed by atoms with E-state index in [0.717, 1.165) is 53.3 Å². The van der Waals surface area contributed by atoms with Gasteiger partial charge in [-0.3, -0.25) is 4.79 Å². The number of primary amides is 1. The Morgan fingerprint density at radius 3 is 2.70 bits per heavy atom. The van der Waals surface area contributed by atoms with Crippen molar-refractivity contribution >= 4 is 23.2 Å². The molecule has 1 fully saturated rings. The molecule has 0 saturated carbocycles. The van der Waals surface area contributed by atoms with E-state index >= 15 is 0 Å². The molecule has 0 spiro atoms. The maximum atomic E-state index is 11.4. The molecule has 1 saturated heterocycles. The summed E-state index contributed by atoms with van der Waals surface area (Å²) in [6.07, 6.45) is 3.27. The molecular formula is C19H21N5O2S. The zero-order valence-corrected chi connectivity index (χ0v) is 16.1. The third-order valence-corrected chi connectivity index (χ3v) is 5.95. The first kappa shape index (κ1) is 17.7. The minimum absolute atomic E-state index is 0.0586. The lowest BCUT2D eigenvalue weighted by Crippen LogP contribution is -2.39. The van der Waals surface area contributed by atoms with E-state index in [-0.39, 0.29) is 11.8 Å². The second-order valence-corrected chi connectivity index (χ2v) is 7.78. The van der Waals surface area contributed by atoms with Gasteiger partial charge >= 0.3 is 0 Å². The molecule has 0 aromatic carbocycles. The monoisotopic (exact) mass is 383 g/mol. The maximum absolute atomic E-state index is 11.4. The number of aromatic nitrogens is 3. The molecule has 8 heteroatoms. The molecule has 27 heavy (non-hydrogen) atoms. The summed E-state index contributed by atoms with van der Waals surface area (Å²) < 4.78 is 5.46. The molecule has 4 heterocycles. The van der Waals surface area contributed by atoms with E-state index in [0.29, 0.717) is 11.7 Å². The van der Waals surface area contributed by atoms with Gasteiger partial charge in [-0.15, -0.1) is 11.3 Å². The molecule has 0 atom stereocenters. The summed E-state index contributed by atoms with van der Waals surface area (Å²) in [6.45, 7) is 5.40. The Hall–Kier alpha value is -2.74. The number of nitrogens with two attached hydrogens (primary N) is 1. The average molecular weight is 383 g/mol. The van der Waals surface area contributed by atoms with Crippen molar-refractivity contribution in [2.24, 2.45) is 11.7 Å². The molecule has 1 aliphatic rings. The molecule has 3 aromatic rings. The number of hydrogen-bond donors (Lipinski definition) is 1. The molecule has 0 unspecified atom stereocenters. The van der Waals surface area contributed by atoms with E-state index in [1.807, 2.05) is 13.0 Å². The highest BCUT2D eigenvalue weighted by molar-refractivity contribution is 7.13. The third kappa shape index (κ3) is 3.44. The molecule has 1 amide bonds. The lowest BCUT2D eigenvalue weighted by molar-refractivity contribution is -0.122. The van der Waals surface area contributed by atoms with Crippen molar-refractivity contribution in [3.05, 3.63) is 35.0 Å². The van der Waals surface area contributed by atoms with Crippen molar-refractivity contribution in [2.75, 3.05) is 18.0 Å². The van der Waals surface area contributed by atoms with Crippen LogP contribution in [0.1, 0.15) is 24.1 Å². The van der Waals surface area contributed by atoms with E-state index in [1.165, 1.54) is 0 Å². The van der Waals surface area contributed by atoms with Gasteiger partial charge in [0, 0.05) is 31.3 Å². The number of anilines is 1. The number of hydrogen-bond acceptors (Lipinski definition) is 7. The number of thiophene rings is 1. The summed E-state index contributed by atoms with van der Waals surface area (Å²) in [5, 5.41) is 6.05. The van der Waals surface area contributed by atoms with Gasteiger partial charge in [-0.25, -0.2) is 9.97 Å². The lowest BCUT2D eigenvalue weighted by Gasteiger charge is -2.30. The average Bonchev–Trinajstić information content (AvgIpc) is 3.29. The molecule has 4 rings (SSSR count). The number of amides is 1. The third-order valence-electron chi connectivity index (χ3n) is 4.93. The molecule has 0 bridgehead atoms. The van der Waals surface area contributed by atoms with E-state index in [2.05, 4.69) is 33.4 Å². The van der Waals surface area contributed by atoms with Gasteiger partial charge in [0.25, 0.3) is 0 Å². The smallest absolute Gasteiger partial charge is 0.225 e. The highest BCUT2D eigenvalue weighted by Crippen LogP contribution is 2.36. The summed E-state index contributed by atoms with van der Waals surface area (Å²) in [5.74, 6) is 1.05. The van der Waals surface area contributed by atoms with Gasteiger partial charge in [-0.05, 0) is 43.7 Å². The summed E-state index contributed by atoms with van der Waals surface area (Å²) >= 11 is 1.65. The standard InChI is InChI=1S/C19H21N5O2S/c1-11-5-8-27-17(11)16-14(15-9-12(2)23-26-15)10-21-19(22-16)24-6-3-13(4-7-24)18(20)25/h5,8-10,13H,3-4,6-7H2,1-2H3,(H2,20,25). The van der Waals surface area contributed by atoms with Gasteiger partial charge in [0.05, 0.1) is 21.8 Å². The molecule has 7 nitrogen and oxygen atoms in total. The van der Waals surface area contributed by atoms with Crippen molar-refractivity contribution in [3.8, 4) is 21.9 Å². The highest BCUT2D eigenvalue weighted by atomic mass is 32.1. The molecule has 140 valence electrons. The van der Waals surface area contributed by atoms with Crippen LogP contribution >= 0.6 is 11.3 Å². The second-order valence-electron chi connectivity index (χ2n) is 6.86.